The maximum Gasteiger partial charge on any atom is 0.261 e. The Morgan fingerprint density at radius 2 is 2.00 bits per heavy atom. The third kappa shape index (κ3) is 2.22. The molecule has 1 aromatic carbocycles. The number of rotatable bonds is 3. The van der Waals surface area contributed by atoms with E-state index in [9.17, 15) is 14.5 Å². The number of hydrogen-bond acceptors (Lipinski definition) is 4. The fourth-order valence-corrected chi connectivity index (χ4v) is 1.98. The summed E-state index contributed by atoms with van der Waals surface area (Å²) in [6.45, 7) is 0. The van der Waals surface area contributed by atoms with E-state index in [0.717, 1.165) is 9.91 Å². The number of likely N-dealkylation sites (N-methyl/N-ethyl adjacent to an activating group) is 1. The molecule has 0 spiro atoms. The molecule has 7 heteroatoms. The maximum absolute atomic E-state index is 12.0. The van der Waals surface area contributed by atoms with Crippen LogP contribution in [0.25, 0.3) is 5.57 Å². The van der Waals surface area contributed by atoms with E-state index >= 15 is 0 Å². The first-order valence-corrected chi connectivity index (χ1v) is 5.74. The molecule has 0 bridgehead atoms. The Morgan fingerprint density at radius 1 is 1.32 bits per heavy atom. The van der Waals surface area contributed by atoms with E-state index in [1.165, 1.54) is 26.2 Å². The lowest BCUT2D eigenvalue weighted by Gasteiger charge is -2.15. The fourth-order valence-electron chi connectivity index (χ4n) is 1.81. The molecule has 1 aromatic rings. The zero-order valence-corrected chi connectivity index (χ0v) is 11.0. The van der Waals surface area contributed by atoms with Crippen LogP contribution in [-0.4, -0.2) is 30.8 Å². The van der Waals surface area contributed by atoms with Crippen LogP contribution in [0.1, 0.15) is 5.56 Å². The number of carbonyl (C=O) groups is 2. The third-order valence-corrected chi connectivity index (χ3v) is 3.09. The highest BCUT2D eigenvalue weighted by molar-refractivity contribution is 6.35. The highest BCUT2D eigenvalue weighted by Crippen LogP contribution is 2.33. The van der Waals surface area contributed by atoms with Crippen molar-refractivity contribution in [3.63, 3.8) is 0 Å². The van der Waals surface area contributed by atoms with Gasteiger partial charge >= 0.3 is 0 Å². The van der Waals surface area contributed by atoms with Crippen LogP contribution in [0.5, 0.6) is 0 Å². The molecule has 0 fully saturated rings. The molecule has 2 amide bonds. The number of halogens is 1. The molecule has 0 radical (unpaired) electrons. The average molecular weight is 280 g/mol. The summed E-state index contributed by atoms with van der Waals surface area (Å²) in [5.74, 6) is -0.847. The second-order valence-electron chi connectivity index (χ2n) is 4.03. The van der Waals surface area contributed by atoms with Crippen molar-refractivity contribution < 1.29 is 9.59 Å². The van der Waals surface area contributed by atoms with Crippen LogP contribution in [-0.2, 0) is 9.59 Å². The lowest BCUT2D eigenvalue weighted by Crippen LogP contribution is -2.26. The summed E-state index contributed by atoms with van der Waals surface area (Å²) in [4.78, 5) is 35.1. The predicted molar refractivity (Wildman–Crippen MR) is 71.4 cm³/mol. The van der Waals surface area contributed by atoms with Gasteiger partial charge in [0.15, 0.2) is 0 Å². The van der Waals surface area contributed by atoms with Gasteiger partial charge in [-0.1, -0.05) is 11.6 Å². The molecule has 0 aliphatic carbocycles. The molecular weight excluding hydrogens is 270 g/mol. The molecule has 0 aromatic heterocycles. The Balaban J connectivity index is 2.59. The molecule has 0 atom stereocenters. The van der Waals surface area contributed by atoms with Gasteiger partial charge in [-0.05, 0) is 18.2 Å². The first-order valence-electron chi connectivity index (χ1n) is 5.36. The monoisotopic (exact) mass is 279 g/mol. The van der Waals surface area contributed by atoms with Crippen LogP contribution in [0.3, 0.4) is 0 Å². The summed E-state index contributed by atoms with van der Waals surface area (Å²) >= 11 is 5.90. The molecule has 1 aliphatic heterocycles. The predicted octanol–water partition coefficient (Wildman–Crippen LogP) is 1.84. The Bertz CT molecular complexity index is 612. The Hall–Kier alpha value is -2.21. The van der Waals surface area contributed by atoms with E-state index in [0.29, 0.717) is 16.3 Å². The highest BCUT2D eigenvalue weighted by Gasteiger charge is 2.30. The normalized spacial score (nSPS) is 14.7. The van der Waals surface area contributed by atoms with E-state index in [2.05, 4.69) is 5.29 Å². The van der Waals surface area contributed by atoms with Crippen LogP contribution < -0.4 is 5.01 Å². The number of carbonyl (C=O) groups excluding carboxylic acids is 2. The minimum Gasteiger partial charge on any atom is -0.278 e. The minimum atomic E-state index is -0.437. The first kappa shape index (κ1) is 13.2. The second-order valence-corrected chi connectivity index (χ2v) is 4.46. The third-order valence-electron chi connectivity index (χ3n) is 2.85. The minimum absolute atomic E-state index is 0.195. The number of nitroso groups, excluding NO2 is 1. The molecule has 98 valence electrons. The number of amides is 2. The van der Waals surface area contributed by atoms with Crippen molar-refractivity contribution in [3.8, 4) is 0 Å². The molecule has 0 saturated carbocycles. The SMILES string of the molecule is CN1C(=O)C=C(c2cc(Cl)ccc2N(C)N=O)C1=O. The lowest BCUT2D eigenvalue weighted by molar-refractivity contribution is -0.134. The molecular formula is C12H10ClN3O3. The van der Waals surface area contributed by atoms with Crippen molar-refractivity contribution in [2.45, 2.75) is 0 Å². The summed E-state index contributed by atoms with van der Waals surface area (Å²) in [5.41, 5.74) is 1.000. The zero-order chi connectivity index (χ0) is 14.2. The van der Waals surface area contributed by atoms with E-state index in [1.807, 2.05) is 0 Å². The van der Waals surface area contributed by atoms with Crippen molar-refractivity contribution in [2.24, 2.45) is 5.29 Å². The summed E-state index contributed by atoms with van der Waals surface area (Å²) in [5, 5.41) is 4.26. The van der Waals surface area contributed by atoms with Crippen molar-refractivity contribution in [3.05, 3.63) is 39.8 Å². The molecule has 1 aliphatic rings. The van der Waals surface area contributed by atoms with E-state index in [1.54, 1.807) is 12.1 Å². The van der Waals surface area contributed by atoms with E-state index < -0.39 is 11.8 Å². The van der Waals surface area contributed by atoms with Crippen molar-refractivity contribution in [1.82, 2.24) is 4.90 Å². The largest absolute Gasteiger partial charge is 0.278 e. The van der Waals surface area contributed by atoms with Crippen molar-refractivity contribution in [1.29, 1.82) is 0 Å². The van der Waals surface area contributed by atoms with Gasteiger partial charge in [0.25, 0.3) is 11.8 Å². The Labute approximate surface area is 114 Å². The van der Waals surface area contributed by atoms with Crippen LogP contribution >= 0.6 is 11.6 Å². The molecule has 0 N–H and O–H groups in total. The molecule has 19 heavy (non-hydrogen) atoms. The molecule has 0 saturated heterocycles. The van der Waals surface area contributed by atoms with Crippen LogP contribution in [0, 0.1) is 4.91 Å². The molecule has 0 unspecified atom stereocenters. The van der Waals surface area contributed by atoms with Crippen molar-refractivity contribution in [2.75, 3.05) is 19.1 Å². The van der Waals surface area contributed by atoms with Gasteiger partial charge < -0.3 is 0 Å². The summed E-state index contributed by atoms with van der Waals surface area (Å²) in [6, 6.07) is 4.66. The van der Waals surface area contributed by atoms with Crippen LogP contribution in [0.15, 0.2) is 29.6 Å². The maximum atomic E-state index is 12.0. The number of imide groups is 1. The Morgan fingerprint density at radius 3 is 2.53 bits per heavy atom. The zero-order valence-electron chi connectivity index (χ0n) is 10.3. The number of hydrogen-bond donors (Lipinski definition) is 0. The van der Waals surface area contributed by atoms with E-state index in [-0.39, 0.29) is 5.57 Å². The topological polar surface area (TPSA) is 70.1 Å². The smallest absolute Gasteiger partial charge is 0.261 e. The summed E-state index contributed by atoms with van der Waals surface area (Å²) in [6.07, 6.45) is 1.22. The number of nitrogens with zero attached hydrogens (tertiary/aromatic N) is 3. The second kappa shape index (κ2) is 4.81. The van der Waals surface area contributed by atoms with Gasteiger partial charge in [-0.25, -0.2) is 5.01 Å². The summed E-state index contributed by atoms with van der Waals surface area (Å²) in [7, 11) is 2.84. The lowest BCUT2D eigenvalue weighted by atomic mass is 10.0. The van der Waals surface area contributed by atoms with Crippen molar-refractivity contribution >= 4 is 34.7 Å². The van der Waals surface area contributed by atoms with Gasteiger partial charge in [-0.2, -0.15) is 0 Å². The molecule has 2 rings (SSSR count). The van der Waals surface area contributed by atoms with Gasteiger partial charge in [0.1, 0.15) is 0 Å². The van der Waals surface area contributed by atoms with Gasteiger partial charge in [0.2, 0.25) is 0 Å². The van der Waals surface area contributed by atoms with Crippen LogP contribution in [0.4, 0.5) is 5.69 Å². The number of anilines is 1. The van der Waals surface area contributed by atoms with Crippen LogP contribution in [0.2, 0.25) is 5.02 Å². The van der Waals surface area contributed by atoms with Gasteiger partial charge in [-0.15, -0.1) is 4.91 Å². The fraction of sp³-hybridized carbons (Fsp3) is 0.167. The van der Waals surface area contributed by atoms with Gasteiger partial charge in [0.05, 0.1) is 16.5 Å². The van der Waals surface area contributed by atoms with E-state index in [4.69, 9.17) is 11.6 Å². The molecule has 1 heterocycles. The Kier molecular flexibility index (Phi) is 3.35. The molecule has 6 nitrogen and oxygen atoms in total. The number of benzene rings is 1. The summed E-state index contributed by atoms with van der Waals surface area (Å²) < 4.78 is 0. The first-order chi connectivity index (χ1) is 8.95. The van der Waals surface area contributed by atoms with Gasteiger partial charge in [-0.3, -0.25) is 14.5 Å². The average Bonchev–Trinajstić information content (AvgIpc) is 2.65. The highest BCUT2D eigenvalue weighted by atomic mass is 35.5. The quantitative estimate of drug-likeness (QED) is 0.481. The standard InChI is InChI=1S/C12H10ClN3O3/c1-15-11(17)6-9(12(15)18)8-5-7(13)3-4-10(8)16(2)14-19/h3-6H,1-2H3. The van der Waals surface area contributed by atoms with Gasteiger partial charge in [0, 0.05) is 30.8 Å².